The van der Waals surface area contributed by atoms with E-state index >= 15 is 0 Å². The van der Waals surface area contributed by atoms with Gasteiger partial charge in [-0.3, -0.25) is 4.79 Å². The van der Waals surface area contributed by atoms with Crippen LogP contribution < -0.4 is 5.73 Å². The molecule has 1 rings (SSSR count). The van der Waals surface area contributed by atoms with E-state index in [-0.39, 0.29) is 22.7 Å². The maximum absolute atomic E-state index is 13.0. The molecule has 0 aliphatic carbocycles. The second-order valence-electron chi connectivity index (χ2n) is 5.31. The summed E-state index contributed by atoms with van der Waals surface area (Å²) in [7, 11) is 1.66. The van der Waals surface area contributed by atoms with Gasteiger partial charge in [-0.15, -0.1) is 0 Å². The van der Waals surface area contributed by atoms with Gasteiger partial charge < -0.3 is 10.6 Å². The van der Waals surface area contributed by atoms with Crippen molar-refractivity contribution in [1.29, 1.82) is 0 Å². The van der Waals surface area contributed by atoms with E-state index in [4.69, 9.17) is 5.73 Å². The van der Waals surface area contributed by atoms with E-state index in [2.05, 4.69) is 4.98 Å². The number of amides is 1. The fourth-order valence-corrected chi connectivity index (χ4v) is 1.61. The molecule has 0 spiro atoms. The topological polar surface area (TPSA) is 59.2 Å². The average Bonchev–Trinajstić information content (AvgIpc) is 2.18. The summed E-state index contributed by atoms with van der Waals surface area (Å²) >= 11 is 0. The average molecular weight is 239 g/mol. The van der Waals surface area contributed by atoms with E-state index in [1.807, 2.05) is 20.8 Å². The molecule has 0 fully saturated rings. The number of nitrogens with two attached hydrogens (primary N) is 1. The van der Waals surface area contributed by atoms with Crippen LogP contribution in [0, 0.1) is 11.2 Å². The van der Waals surface area contributed by atoms with Crippen molar-refractivity contribution in [3.05, 3.63) is 23.6 Å². The zero-order chi connectivity index (χ0) is 13.2. The standard InChI is InChI=1S/C12H18FN3O/c1-12(2,3)7-16(4)11(17)9-5-8(13)6-15-10(9)14/h5-6H,7H2,1-4H3,(H2,14,15). The quantitative estimate of drug-likeness (QED) is 0.857. The van der Waals surface area contributed by atoms with Crippen molar-refractivity contribution in [2.75, 3.05) is 19.3 Å². The van der Waals surface area contributed by atoms with Gasteiger partial charge in [-0.25, -0.2) is 9.37 Å². The van der Waals surface area contributed by atoms with Gasteiger partial charge in [0, 0.05) is 13.6 Å². The van der Waals surface area contributed by atoms with Gasteiger partial charge >= 0.3 is 0 Å². The molecule has 0 saturated carbocycles. The number of nitrogen functional groups attached to an aromatic ring is 1. The highest BCUT2D eigenvalue weighted by Crippen LogP contribution is 2.18. The molecule has 0 aliphatic heterocycles. The molecule has 0 bridgehead atoms. The number of rotatable bonds is 2. The number of hydrogen-bond acceptors (Lipinski definition) is 3. The third-order valence-corrected chi connectivity index (χ3v) is 2.17. The summed E-state index contributed by atoms with van der Waals surface area (Å²) in [5.41, 5.74) is 5.65. The molecule has 0 aromatic carbocycles. The first kappa shape index (κ1) is 13.4. The molecule has 94 valence electrons. The molecule has 0 unspecified atom stereocenters. The lowest BCUT2D eigenvalue weighted by atomic mass is 9.96. The van der Waals surface area contributed by atoms with E-state index in [1.54, 1.807) is 7.05 Å². The van der Waals surface area contributed by atoms with Gasteiger partial charge in [-0.2, -0.15) is 0 Å². The van der Waals surface area contributed by atoms with Crippen molar-refractivity contribution < 1.29 is 9.18 Å². The Labute approximate surface area is 101 Å². The Morgan fingerprint density at radius 1 is 1.53 bits per heavy atom. The highest BCUT2D eigenvalue weighted by molar-refractivity contribution is 5.98. The molecule has 0 atom stereocenters. The predicted octanol–water partition coefficient (Wildman–Crippen LogP) is 1.92. The van der Waals surface area contributed by atoms with Gasteiger partial charge in [0.25, 0.3) is 5.91 Å². The van der Waals surface area contributed by atoms with Crippen LogP contribution in [0.25, 0.3) is 0 Å². The van der Waals surface area contributed by atoms with Crippen LogP contribution >= 0.6 is 0 Å². The molecule has 0 saturated heterocycles. The van der Waals surface area contributed by atoms with Crippen LogP contribution in [0.3, 0.4) is 0 Å². The fourth-order valence-electron chi connectivity index (χ4n) is 1.61. The van der Waals surface area contributed by atoms with E-state index in [0.29, 0.717) is 6.54 Å². The van der Waals surface area contributed by atoms with E-state index in [1.165, 1.54) is 4.90 Å². The molecule has 17 heavy (non-hydrogen) atoms. The van der Waals surface area contributed by atoms with Crippen LogP contribution in [0.2, 0.25) is 0 Å². The first-order valence-electron chi connectivity index (χ1n) is 5.37. The SMILES string of the molecule is CN(CC(C)(C)C)C(=O)c1cc(F)cnc1N. The molecular weight excluding hydrogens is 221 g/mol. The van der Waals surface area contributed by atoms with Crippen molar-refractivity contribution in [3.63, 3.8) is 0 Å². The van der Waals surface area contributed by atoms with Crippen molar-refractivity contribution in [2.24, 2.45) is 5.41 Å². The Balaban J connectivity index is 2.93. The lowest BCUT2D eigenvalue weighted by molar-refractivity contribution is 0.0746. The Hall–Kier alpha value is -1.65. The number of nitrogens with zero attached hydrogens (tertiary/aromatic N) is 2. The van der Waals surface area contributed by atoms with Crippen LogP contribution in [0.15, 0.2) is 12.3 Å². The second kappa shape index (κ2) is 4.69. The van der Waals surface area contributed by atoms with Crippen molar-refractivity contribution in [2.45, 2.75) is 20.8 Å². The molecule has 1 amide bonds. The monoisotopic (exact) mass is 239 g/mol. The molecule has 2 N–H and O–H groups in total. The van der Waals surface area contributed by atoms with Gasteiger partial charge in [0.1, 0.15) is 11.6 Å². The minimum Gasteiger partial charge on any atom is -0.383 e. The Morgan fingerprint density at radius 2 is 2.12 bits per heavy atom. The summed E-state index contributed by atoms with van der Waals surface area (Å²) in [6, 6.07) is 1.11. The lowest BCUT2D eigenvalue weighted by Crippen LogP contribution is -2.35. The van der Waals surface area contributed by atoms with Crippen molar-refractivity contribution in [3.8, 4) is 0 Å². The summed E-state index contributed by atoms with van der Waals surface area (Å²) in [5, 5.41) is 0. The second-order valence-corrected chi connectivity index (χ2v) is 5.31. The molecular formula is C12H18FN3O. The lowest BCUT2D eigenvalue weighted by Gasteiger charge is -2.26. The van der Waals surface area contributed by atoms with E-state index < -0.39 is 5.82 Å². The molecule has 5 heteroatoms. The third-order valence-electron chi connectivity index (χ3n) is 2.17. The van der Waals surface area contributed by atoms with E-state index in [9.17, 15) is 9.18 Å². The fraction of sp³-hybridized carbons (Fsp3) is 0.500. The van der Waals surface area contributed by atoms with Crippen LogP contribution in [0.4, 0.5) is 10.2 Å². The Morgan fingerprint density at radius 3 is 2.65 bits per heavy atom. The zero-order valence-electron chi connectivity index (χ0n) is 10.6. The van der Waals surface area contributed by atoms with Crippen molar-refractivity contribution in [1.82, 2.24) is 9.88 Å². The smallest absolute Gasteiger partial charge is 0.257 e. The minimum atomic E-state index is -0.563. The van der Waals surface area contributed by atoms with Crippen LogP contribution in [-0.2, 0) is 0 Å². The normalized spacial score (nSPS) is 11.4. The first-order chi connectivity index (χ1) is 7.70. The predicted molar refractivity (Wildman–Crippen MR) is 65.0 cm³/mol. The van der Waals surface area contributed by atoms with Gasteiger partial charge in [0.2, 0.25) is 0 Å². The number of aromatic nitrogens is 1. The number of carbonyl (C=O) groups is 1. The summed E-state index contributed by atoms with van der Waals surface area (Å²) in [5.74, 6) is -0.826. The first-order valence-corrected chi connectivity index (χ1v) is 5.37. The van der Waals surface area contributed by atoms with Gasteiger partial charge in [0.15, 0.2) is 0 Å². The number of hydrogen-bond donors (Lipinski definition) is 1. The maximum Gasteiger partial charge on any atom is 0.257 e. The molecule has 1 aromatic heterocycles. The Kier molecular flexibility index (Phi) is 3.70. The molecule has 0 aliphatic rings. The van der Waals surface area contributed by atoms with Gasteiger partial charge in [-0.1, -0.05) is 20.8 Å². The van der Waals surface area contributed by atoms with Crippen LogP contribution in [0.1, 0.15) is 31.1 Å². The summed E-state index contributed by atoms with van der Waals surface area (Å²) < 4.78 is 13.0. The number of pyridine rings is 1. The van der Waals surface area contributed by atoms with Crippen LogP contribution in [0.5, 0.6) is 0 Å². The van der Waals surface area contributed by atoms with Gasteiger partial charge in [0.05, 0.1) is 11.8 Å². The molecule has 0 radical (unpaired) electrons. The number of anilines is 1. The van der Waals surface area contributed by atoms with Crippen molar-refractivity contribution >= 4 is 11.7 Å². The number of halogens is 1. The largest absolute Gasteiger partial charge is 0.383 e. The van der Waals surface area contributed by atoms with E-state index in [0.717, 1.165) is 12.3 Å². The molecule has 4 nitrogen and oxygen atoms in total. The maximum atomic E-state index is 13.0. The third kappa shape index (κ3) is 3.69. The Bertz CT molecular complexity index is 426. The van der Waals surface area contributed by atoms with Crippen LogP contribution in [-0.4, -0.2) is 29.4 Å². The summed E-state index contributed by atoms with van der Waals surface area (Å²) in [6.07, 6.45) is 0.996. The summed E-state index contributed by atoms with van der Waals surface area (Å²) in [4.78, 5) is 17.2. The van der Waals surface area contributed by atoms with Gasteiger partial charge in [-0.05, 0) is 11.5 Å². The summed E-state index contributed by atoms with van der Waals surface area (Å²) in [6.45, 7) is 6.61. The highest BCUT2D eigenvalue weighted by Gasteiger charge is 2.21. The zero-order valence-corrected chi connectivity index (χ0v) is 10.6. The molecule has 1 heterocycles. The molecule has 1 aromatic rings. The number of carbonyl (C=O) groups excluding carboxylic acids is 1. The minimum absolute atomic E-state index is 0.0279. The highest BCUT2D eigenvalue weighted by atomic mass is 19.1.